The van der Waals surface area contributed by atoms with E-state index in [4.69, 9.17) is 4.74 Å². The van der Waals surface area contributed by atoms with Crippen LogP contribution < -0.4 is 5.32 Å². The summed E-state index contributed by atoms with van der Waals surface area (Å²) < 4.78 is 7.23. The van der Waals surface area contributed by atoms with Gasteiger partial charge in [0, 0.05) is 24.6 Å². The van der Waals surface area contributed by atoms with Crippen molar-refractivity contribution in [3.8, 4) is 0 Å². The van der Waals surface area contributed by atoms with E-state index >= 15 is 0 Å². The highest BCUT2D eigenvalue weighted by atomic mass is 16.5. The van der Waals surface area contributed by atoms with Crippen LogP contribution in [0.25, 0.3) is 0 Å². The van der Waals surface area contributed by atoms with Crippen LogP contribution in [0.5, 0.6) is 0 Å². The van der Waals surface area contributed by atoms with Crippen LogP contribution in [0, 0.1) is 0 Å². The summed E-state index contributed by atoms with van der Waals surface area (Å²) in [6, 6.07) is 9.68. The molecular weight excluding hydrogens is 266 g/mol. The number of carbonyl (C=O) groups is 1. The Morgan fingerprint density at radius 3 is 2.90 bits per heavy atom. The Morgan fingerprint density at radius 1 is 1.38 bits per heavy atom. The molecule has 1 fully saturated rings. The number of hydrogen-bond acceptors (Lipinski definition) is 3. The van der Waals surface area contributed by atoms with E-state index in [9.17, 15) is 4.79 Å². The lowest BCUT2D eigenvalue weighted by Crippen LogP contribution is -2.40. The third-order valence-electron chi connectivity index (χ3n) is 3.62. The number of carbonyl (C=O) groups excluding carboxylic acids is 1. The van der Waals surface area contributed by atoms with Gasteiger partial charge in [0.2, 0.25) is 0 Å². The number of amides is 1. The molecule has 1 N–H and O–H groups in total. The lowest BCUT2D eigenvalue weighted by atomic mass is 10.1. The number of rotatable bonds is 4. The maximum Gasteiger partial charge on any atom is 0.251 e. The quantitative estimate of drug-likeness (QED) is 0.932. The molecule has 1 aliphatic heterocycles. The molecule has 0 aliphatic carbocycles. The molecule has 1 saturated heterocycles. The topological polar surface area (TPSA) is 56.1 Å². The summed E-state index contributed by atoms with van der Waals surface area (Å²) in [6.07, 6.45) is 5.68. The molecule has 0 bridgehead atoms. The lowest BCUT2D eigenvalue weighted by molar-refractivity contribution is 0.0624. The minimum absolute atomic E-state index is 0.0314. The molecule has 1 aromatic carbocycles. The van der Waals surface area contributed by atoms with Crippen molar-refractivity contribution in [2.45, 2.75) is 25.4 Å². The summed E-state index contributed by atoms with van der Waals surface area (Å²) in [5, 5.41) is 7.19. The molecule has 0 unspecified atom stereocenters. The second-order valence-corrected chi connectivity index (χ2v) is 5.29. The second kappa shape index (κ2) is 6.54. The molecule has 2 heterocycles. The normalized spacial score (nSPS) is 18.4. The SMILES string of the molecule is O=C(N[C@@H]1CCCOC1)c1ccc(Cn2cccn2)cc1. The van der Waals surface area contributed by atoms with Crippen LogP contribution in [0.1, 0.15) is 28.8 Å². The van der Waals surface area contributed by atoms with Crippen molar-refractivity contribution < 1.29 is 9.53 Å². The van der Waals surface area contributed by atoms with Gasteiger partial charge in [-0.05, 0) is 36.6 Å². The van der Waals surface area contributed by atoms with E-state index in [1.54, 1.807) is 6.20 Å². The van der Waals surface area contributed by atoms with Crippen LogP contribution in [0.15, 0.2) is 42.7 Å². The fourth-order valence-corrected chi connectivity index (χ4v) is 2.47. The van der Waals surface area contributed by atoms with Crippen molar-refractivity contribution in [2.75, 3.05) is 13.2 Å². The highest BCUT2D eigenvalue weighted by molar-refractivity contribution is 5.94. The van der Waals surface area contributed by atoms with Crippen LogP contribution >= 0.6 is 0 Å². The number of ether oxygens (including phenoxy) is 1. The second-order valence-electron chi connectivity index (χ2n) is 5.29. The van der Waals surface area contributed by atoms with Crippen molar-refractivity contribution in [3.05, 3.63) is 53.9 Å². The van der Waals surface area contributed by atoms with Crippen molar-refractivity contribution in [2.24, 2.45) is 0 Å². The standard InChI is InChI=1S/C16H19N3O2/c20-16(18-15-3-1-10-21-12-15)14-6-4-13(5-7-14)11-19-9-2-8-17-19/h2,4-9,15H,1,3,10-12H2,(H,18,20)/t15-/m1/s1. The summed E-state index contributed by atoms with van der Waals surface area (Å²) in [6.45, 7) is 2.13. The first-order chi connectivity index (χ1) is 10.3. The van der Waals surface area contributed by atoms with Gasteiger partial charge in [-0.3, -0.25) is 9.48 Å². The van der Waals surface area contributed by atoms with E-state index < -0.39 is 0 Å². The minimum Gasteiger partial charge on any atom is -0.379 e. The zero-order valence-electron chi connectivity index (χ0n) is 11.9. The minimum atomic E-state index is -0.0314. The van der Waals surface area contributed by atoms with Crippen molar-refractivity contribution in [3.63, 3.8) is 0 Å². The van der Waals surface area contributed by atoms with E-state index in [0.29, 0.717) is 18.7 Å². The van der Waals surface area contributed by atoms with Crippen molar-refractivity contribution in [1.29, 1.82) is 0 Å². The van der Waals surface area contributed by atoms with Crippen LogP contribution in [-0.2, 0) is 11.3 Å². The molecular formula is C16H19N3O2. The largest absolute Gasteiger partial charge is 0.379 e. The summed E-state index contributed by atoms with van der Waals surface area (Å²) >= 11 is 0. The van der Waals surface area contributed by atoms with Crippen LogP contribution in [0.4, 0.5) is 0 Å². The first-order valence-electron chi connectivity index (χ1n) is 7.26. The zero-order valence-corrected chi connectivity index (χ0v) is 11.9. The van der Waals surface area contributed by atoms with E-state index in [1.807, 2.05) is 41.2 Å². The fourth-order valence-electron chi connectivity index (χ4n) is 2.47. The van der Waals surface area contributed by atoms with Gasteiger partial charge >= 0.3 is 0 Å². The van der Waals surface area contributed by atoms with Crippen LogP contribution in [0.2, 0.25) is 0 Å². The fraction of sp³-hybridized carbons (Fsp3) is 0.375. The van der Waals surface area contributed by atoms with E-state index in [1.165, 1.54) is 0 Å². The molecule has 5 heteroatoms. The predicted octanol–water partition coefficient (Wildman–Crippen LogP) is 1.84. The Balaban J connectivity index is 1.59. The Bertz CT molecular complexity index is 572. The number of aromatic nitrogens is 2. The molecule has 2 aromatic rings. The molecule has 0 radical (unpaired) electrons. The van der Waals surface area contributed by atoms with Gasteiger partial charge < -0.3 is 10.1 Å². The molecule has 21 heavy (non-hydrogen) atoms. The highest BCUT2D eigenvalue weighted by Gasteiger charge is 2.16. The number of benzene rings is 1. The molecule has 0 saturated carbocycles. The number of nitrogens with one attached hydrogen (secondary N) is 1. The van der Waals surface area contributed by atoms with Gasteiger partial charge in [0.05, 0.1) is 19.2 Å². The Labute approximate surface area is 123 Å². The van der Waals surface area contributed by atoms with Crippen LogP contribution in [0.3, 0.4) is 0 Å². The Morgan fingerprint density at radius 2 is 2.24 bits per heavy atom. The van der Waals surface area contributed by atoms with Gasteiger partial charge in [0.25, 0.3) is 5.91 Å². The van der Waals surface area contributed by atoms with E-state index in [-0.39, 0.29) is 11.9 Å². The molecule has 110 valence electrons. The lowest BCUT2D eigenvalue weighted by Gasteiger charge is -2.23. The van der Waals surface area contributed by atoms with Gasteiger partial charge in [-0.2, -0.15) is 5.10 Å². The zero-order chi connectivity index (χ0) is 14.5. The van der Waals surface area contributed by atoms with Crippen molar-refractivity contribution in [1.82, 2.24) is 15.1 Å². The highest BCUT2D eigenvalue weighted by Crippen LogP contribution is 2.09. The maximum atomic E-state index is 12.2. The van der Waals surface area contributed by atoms with Gasteiger partial charge in [0.1, 0.15) is 0 Å². The molecule has 1 atom stereocenters. The van der Waals surface area contributed by atoms with Gasteiger partial charge in [-0.15, -0.1) is 0 Å². The molecule has 3 rings (SSSR count). The average molecular weight is 285 g/mol. The third kappa shape index (κ3) is 3.70. The molecule has 5 nitrogen and oxygen atoms in total. The van der Waals surface area contributed by atoms with Crippen molar-refractivity contribution >= 4 is 5.91 Å². The monoisotopic (exact) mass is 285 g/mol. The number of nitrogens with zero attached hydrogens (tertiary/aromatic N) is 2. The van der Waals surface area contributed by atoms with E-state index in [2.05, 4.69) is 10.4 Å². The van der Waals surface area contributed by atoms with Crippen LogP contribution in [-0.4, -0.2) is 34.9 Å². The van der Waals surface area contributed by atoms with Gasteiger partial charge in [0.15, 0.2) is 0 Å². The smallest absolute Gasteiger partial charge is 0.251 e. The molecule has 0 spiro atoms. The summed E-state index contributed by atoms with van der Waals surface area (Å²) in [7, 11) is 0. The Kier molecular flexibility index (Phi) is 4.31. The summed E-state index contributed by atoms with van der Waals surface area (Å²) in [5.74, 6) is -0.0314. The van der Waals surface area contributed by atoms with Gasteiger partial charge in [-0.1, -0.05) is 12.1 Å². The number of hydrogen-bond donors (Lipinski definition) is 1. The first-order valence-corrected chi connectivity index (χ1v) is 7.26. The predicted molar refractivity (Wildman–Crippen MR) is 79.1 cm³/mol. The summed E-state index contributed by atoms with van der Waals surface area (Å²) in [4.78, 5) is 12.2. The van der Waals surface area contributed by atoms with E-state index in [0.717, 1.165) is 25.0 Å². The molecule has 1 amide bonds. The molecule has 1 aliphatic rings. The maximum absolute atomic E-state index is 12.2. The first kappa shape index (κ1) is 13.8. The third-order valence-corrected chi connectivity index (χ3v) is 3.62. The Hall–Kier alpha value is -2.14. The molecule has 1 aromatic heterocycles. The summed E-state index contributed by atoms with van der Waals surface area (Å²) in [5.41, 5.74) is 1.81. The van der Waals surface area contributed by atoms with Gasteiger partial charge in [-0.25, -0.2) is 0 Å². The average Bonchev–Trinajstić information content (AvgIpc) is 3.02.